The molecule has 0 N–H and O–H groups in total. The largest absolute Gasteiger partial charge is 0.481 e. The first-order valence-electron chi connectivity index (χ1n) is 8.53. The number of hydrogen-bond donors (Lipinski definition) is 0. The maximum absolute atomic E-state index is 12.9. The molecule has 1 amide bonds. The second-order valence-corrected chi connectivity index (χ2v) is 6.59. The van der Waals surface area contributed by atoms with Crippen molar-refractivity contribution in [3.8, 4) is 5.88 Å². The predicted octanol–water partition coefficient (Wildman–Crippen LogP) is 1.37. The Morgan fingerprint density at radius 3 is 2.88 bits per heavy atom. The number of carbonyl (C=O) groups is 1. The van der Waals surface area contributed by atoms with Crippen LogP contribution in [0.5, 0.6) is 5.88 Å². The SMILES string of the molecule is COc1cc(N2CC3CCN(Cc4ccncc4)C(=O)C3C2)ncn1. The second-order valence-electron chi connectivity index (χ2n) is 6.59. The van der Waals surface area contributed by atoms with E-state index in [0.717, 1.165) is 30.9 Å². The molecule has 2 atom stereocenters. The number of methoxy groups -OCH3 is 1. The standard InChI is InChI=1S/C18H21N5O2/c1-25-17-8-16(20-12-21-17)23-10-14-4-7-22(18(24)15(14)11-23)9-13-2-5-19-6-3-13/h2-3,5-6,8,12,14-15H,4,7,9-11H2,1H3. The van der Waals surface area contributed by atoms with Crippen LogP contribution in [0.25, 0.3) is 0 Å². The molecule has 7 heteroatoms. The molecule has 0 aliphatic carbocycles. The van der Waals surface area contributed by atoms with E-state index >= 15 is 0 Å². The Hall–Kier alpha value is -2.70. The highest BCUT2D eigenvalue weighted by Crippen LogP contribution is 2.35. The van der Waals surface area contributed by atoms with Gasteiger partial charge in [-0.2, -0.15) is 0 Å². The van der Waals surface area contributed by atoms with E-state index in [-0.39, 0.29) is 11.8 Å². The molecular weight excluding hydrogens is 318 g/mol. The number of rotatable bonds is 4. The third kappa shape index (κ3) is 3.14. The zero-order chi connectivity index (χ0) is 17.2. The maximum atomic E-state index is 12.9. The van der Waals surface area contributed by atoms with E-state index in [4.69, 9.17) is 4.74 Å². The highest BCUT2D eigenvalue weighted by Gasteiger charge is 2.43. The summed E-state index contributed by atoms with van der Waals surface area (Å²) in [4.78, 5) is 29.5. The normalized spacial score (nSPS) is 22.8. The van der Waals surface area contributed by atoms with Crippen LogP contribution >= 0.6 is 0 Å². The molecular formula is C18H21N5O2. The smallest absolute Gasteiger partial charge is 0.228 e. The minimum Gasteiger partial charge on any atom is -0.481 e. The molecule has 0 saturated carbocycles. The van der Waals surface area contributed by atoms with Gasteiger partial charge >= 0.3 is 0 Å². The van der Waals surface area contributed by atoms with Crippen molar-refractivity contribution in [2.45, 2.75) is 13.0 Å². The molecule has 2 aromatic rings. The lowest BCUT2D eigenvalue weighted by atomic mass is 9.88. The van der Waals surface area contributed by atoms with Gasteiger partial charge < -0.3 is 14.5 Å². The summed E-state index contributed by atoms with van der Waals surface area (Å²) in [6, 6.07) is 5.76. The van der Waals surface area contributed by atoms with Crippen molar-refractivity contribution in [1.29, 1.82) is 0 Å². The second kappa shape index (κ2) is 6.66. The summed E-state index contributed by atoms with van der Waals surface area (Å²) >= 11 is 0. The predicted molar refractivity (Wildman–Crippen MR) is 92.0 cm³/mol. The van der Waals surface area contributed by atoms with Gasteiger partial charge in [0.1, 0.15) is 12.1 Å². The van der Waals surface area contributed by atoms with Crippen molar-refractivity contribution in [1.82, 2.24) is 19.9 Å². The maximum Gasteiger partial charge on any atom is 0.228 e. The lowest BCUT2D eigenvalue weighted by Gasteiger charge is -2.33. The molecule has 2 unspecified atom stereocenters. The van der Waals surface area contributed by atoms with Crippen molar-refractivity contribution >= 4 is 11.7 Å². The Morgan fingerprint density at radius 2 is 2.08 bits per heavy atom. The molecule has 0 aromatic carbocycles. The van der Waals surface area contributed by atoms with Crippen molar-refractivity contribution in [2.75, 3.05) is 31.6 Å². The van der Waals surface area contributed by atoms with Crippen molar-refractivity contribution in [3.05, 3.63) is 42.5 Å². The molecule has 2 aliphatic rings. The van der Waals surface area contributed by atoms with Gasteiger partial charge in [0.15, 0.2) is 0 Å². The van der Waals surface area contributed by atoms with Crippen LogP contribution in [-0.2, 0) is 11.3 Å². The first kappa shape index (κ1) is 15.8. The van der Waals surface area contributed by atoms with Crippen molar-refractivity contribution in [2.24, 2.45) is 11.8 Å². The van der Waals surface area contributed by atoms with E-state index in [1.54, 1.807) is 19.5 Å². The number of fused-ring (bicyclic) bond motifs is 1. The van der Waals surface area contributed by atoms with E-state index < -0.39 is 0 Å². The van der Waals surface area contributed by atoms with Crippen LogP contribution < -0.4 is 9.64 Å². The quantitative estimate of drug-likeness (QED) is 0.838. The van der Waals surface area contributed by atoms with Crippen LogP contribution in [0.3, 0.4) is 0 Å². The number of amides is 1. The van der Waals surface area contributed by atoms with Gasteiger partial charge in [0.05, 0.1) is 13.0 Å². The fourth-order valence-electron chi connectivity index (χ4n) is 3.78. The first-order valence-corrected chi connectivity index (χ1v) is 8.53. The first-order chi connectivity index (χ1) is 12.2. The van der Waals surface area contributed by atoms with Crippen molar-refractivity contribution in [3.63, 3.8) is 0 Å². The third-order valence-electron chi connectivity index (χ3n) is 5.12. The number of carbonyl (C=O) groups excluding carboxylic acids is 1. The minimum absolute atomic E-state index is 0.0385. The fourth-order valence-corrected chi connectivity index (χ4v) is 3.78. The molecule has 0 radical (unpaired) electrons. The van der Waals surface area contributed by atoms with Gasteiger partial charge in [-0.15, -0.1) is 0 Å². The minimum atomic E-state index is 0.0385. The summed E-state index contributed by atoms with van der Waals surface area (Å²) in [7, 11) is 1.59. The zero-order valence-electron chi connectivity index (χ0n) is 14.2. The van der Waals surface area contributed by atoms with Gasteiger partial charge in [0.25, 0.3) is 0 Å². The molecule has 2 aliphatic heterocycles. The lowest BCUT2D eigenvalue weighted by Crippen LogP contribution is -2.44. The van der Waals surface area contributed by atoms with Gasteiger partial charge in [-0.05, 0) is 30.0 Å². The molecule has 0 spiro atoms. The van der Waals surface area contributed by atoms with E-state index in [0.29, 0.717) is 24.9 Å². The molecule has 4 rings (SSSR count). The Morgan fingerprint density at radius 1 is 1.24 bits per heavy atom. The lowest BCUT2D eigenvalue weighted by molar-refractivity contribution is -0.140. The highest BCUT2D eigenvalue weighted by molar-refractivity contribution is 5.81. The Balaban J connectivity index is 1.46. The molecule has 2 fully saturated rings. The number of likely N-dealkylation sites (tertiary alicyclic amines) is 1. The molecule has 2 aromatic heterocycles. The molecule has 0 bridgehead atoms. The Labute approximate surface area is 146 Å². The summed E-state index contributed by atoms with van der Waals surface area (Å²) in [5, 5.41) is 0. The summed E-state index contributed by atoms with van der Waals surface area (Å²) in [6.07, 6.45) is 6.08. The van der Waals surface area contributed by atoms with Crippen LogP contribution in [0.1, 0.15) is 12.0 Å². The summed E-state index contributed by atoms with van der Waals surface area (Å²) < 4.78 is 5.18. The van der Waals surface area contributed by atoms with Gasteiger partial charge in [0.2, 0.25) is 11.8 Å². The monoisotopic (exact) mass is 339 g/mol. The number of aromatic nitrogens is 3. The number of pyridine rings is 1. The number of ether oxygens (including phenoxy) is 1. The molecule has 25 heavy (non-hydrogen) atoms. The summed E-state index contributed by atoms with van der Waals surface area (Å²) in [5.74, 6) is 2.05. The van der Waals surface area contributed by atoms with Crippen molar-refractivity contribution < 1.29 is 9.53 Å². The van der Waals surface area contributed by atoms with Crippen LogP contribution in [-0.4, -0.2) is 52.5 Å². The number of nitrogens with zero attached hydrogens (tertiary/aromatic N) is 5. The highest BCUT2D eigenvalue weighted by atomic mass is 16.5. The van der Waals surface area contributed by atoms with E-state index in [2.05, 4.69) is 19.9 Å². The summed E-state index contributed by atoms with van der Waals surface area (Å²) in [5.41, 5.74) is 1.12. The number of piperidine rings is 1. The van der Waals surface area contributed by atoms with Gasteiger partial charge in [-0.25, -0.2) is 9.97 Å². The third-order valence-corrected chi connectivity index (χ3v) is 5.12. The molecule has 130 valence electrons. The van der Waals surface area contributed by atoms with Gasteiger partial charge in [0, 0.05) is 44.6 Å². The van der Waals surface area contributed by atoms with Gasteiger partial charge in [-0.3, -0.25) is 9.78 Å². The molecule has 7 nitrogen and oxygen atoms in total. The van der Waals surface area contributed by atoms with Gasteiger partial charge in [-0.1, -0.05) is 0 Å². The average molecular weight is 339 g/mol. The molecule has 2 saturated heterocycles. The van der Waals surface area contributed by atoms with Crippen LogP contribution in [0.2, 0.25) is 0 Å². The van der Waals surface area contributed by atoms with Crippen LogP contribution in [0.15, 0.2) is 36.9 Å². The Kier molecular flexibility index (Phi) is 4.21. The number of hydrogen-bond acceptors (Lipinski definition) is 6. The van der Waals surface area contributed by atoms with E-state index in [9.17, 15) is 4.79 Å². The number of anilines is 1. The fraction of sp³-hybridized carbons (Fsp3) is 0.444. The average Bonchev–Trinajstić information content (AvgIpc) is 3.10. The topological polar surface area (TPSA) is 71.5 Å². The Bertz CT molecular complexity index is 754. The van der Waals surface area contributed by atoms with E-state index in [1.165, 1.54) is 6.33 Å². The van der Waals surface area contributed by atoms with E-state index in [1.807, 2.05) is 23.1 Å². The van der Waals surface area contributed by atoms with Crippen LogP contribution in [0, 0.1) is 11.8 Å². The van der Waals surface area contributed by atoms with Crippen LogP contribution in [0.4, 0.5) is 5.82 Å². The summed E-state index contributed by atoms with van der Waals surface area (Å²) in [6.45, 7) is 3.03. The molecule has 4 heterocycles. The zero-order valence-corrected chi connectivity index (χ0v) is 14.2.